The third kappa shape index (κ3) is 2.84. The first kappa shape index (κ1) is 12.3. The van der Waals surface area contributed by atoms with Crippen LogP contribution in [0.5, 0.6) is 0 Å². The Labute approximate surface area is 85.9 Å². The molecular weight excluding hydrogens is 211 g/mol. The molecule has 0 aromatic rings. The Morgan fingerprint density at radius 2 is 2.20 bits per heavy atom. The smallest absolute Gasteiger partial charge is 0.393 e. The minimum Gasteiger partial charge on any atom is -0.480 e. The van der Waals surface area contributed by atoms with Crippen LogP contribution in [0, 0.1) is 5.92 Å². The van der Waals surface area contributed by atoms with Crippen LogP contribution >= 0.6 is 0 Å². The molecule has 1 saturated heterocycles. The Kier molecular flexibility index (Phi) is 3.59. The molecule has 0 radical (unpaired) electrons. The molecule has 1 aliphatic heterocycles. The monoisotopic (exact) mass is 225 g/mol. The number of carboxylic acid groups (broad SMARTS) is 1. The number of hydrogen-bond donors (Lipinski definition) is 1. The number of carboxylic acids is 1. The minimum absolute atomic E-state index is 0.00722. The second-order valence-electron chi connectivity index (χ2n) is 3.78. The molecule has 88 valence electrons. The predicted molar refractivity (Wildman–Crippen MR) is 47.4 cm³/mol. The van der Waals surface area contributed by atoms with Crippen molar-refractivity contribution in [3.8, 4) is 0 Å². The molecule has 2 atom stereocenters. The summed E-state index contributed by atoms with van der Waals surface area (Å²) >= 11 is 0. The van der Waals surface area contributed by atoms with E-state index in [2.05, 4.69) is 0 Å². The largest absolute Gasteiger partial charge is 0.480 e. The van der Waals surface area contributed by atoms with Gasteiger partial charge >= 0.3 is 12.1 Å². The fourth-order valence-electron chi connectivity index (χ4n) is 1.93. The fraction of sp³-hybridized carbons (Fsp3) is 0.889. The van der Waals surface area contributed by atoms with Crippen LogP contribution in [0.1, 0.15) is 19.8 Å². The average molecular weight is 225 g/mol. The van der Waals surface area contributed by atoms with Gasteiger partial charge < -0.3 is 5.11 Å². The van der Waals surface area contributed by atoms with Crippen molar-refractivity contribution < 1.29 is 23.1 Å². The first-order valence-corrected chi connectivity index (χ1v) is 4.89. The highest BCUT2D eigenvalue weighted by Gasteiger charge is 2.45. The maximum atomic E-state index is 12.3. The zero-order chi connectivity index (χ0) is 11.6. The van der Waals surface area contributed by atoms with Gasteiger partial charge in [-0.05, 0) is 19.4 Å². The van der Waals surface area contributed by atoms with Gasteiger partial charge in [0.2, 0.25) is 0 Å². The Morgan fingerprint density at radius 1 is 1.60 bits per heavy atom. The van der Waals surface area contributed by atoms with E-state index in [9.17, 15) is 18.0 Å². The molecule has 1 rings (SSSR count). The number of aliphatic carboxylic acids is 1. The Hall–Kier alpha value is -0.780. The molecule has 0 saturated carbocycles. The maximum Gasteiger partial charge on any atom is 0.393 e. The number of alkyl halides is 3. The van der Waals surface area contributed by atoms with E-state index in [0.29, 0.717) is 6.42 Å². The van der Waals surface area contributed by atoms with E-state index >= 15 is 0 Å². The van der Waals surface area contributed by atoms with Gasteiger partial charge in [0, 0.05) is 6.54 Å². The molecule has 0 aliphatic carbocycles. The van der Waals surface area contributed by atoms with Gasteiger partial charge in [-0.15, -0.1) is 0 Å². The molecule has 3 nitrogen and oxygen atoms in total. The molecule has 15 heavy (non-hydrogen) atoms. The van der Waals surface area contributed by atoms with Crippen LogP contribution in [0.2, 0.25) is 0 Å². The lowest BCUT2D eigenvalue weighted by molar-refractivity contribution is -0.172. The molecular formula is C9H14F3NO2. The van der Waals surface area contributed by atoms with Crippen molar-refractivity contribution >= 4 is 5.97 Å². The van der Waals surface area contributed by atoms with Crippen LogP contribution in [0.3, 0.4) is 0 Å². The minimum atomic E-state index is -4.20. The molecule has 1 N–H and O–H groups in total. The molecule has 0 aromatic heterocycles. The molecule has 1 fully saturated rings. The number of nitrogens with zero attached hydrogens (tertiary/aromatic N) is 1. The van der Waals surface area contributed by atoms with Crippen molar-refractivity contribution in [3.05, 3.63) is 0 Å². The van der Waals surface area contributed by atoms with Crippen molar-refractivity contribution in [2.24, 2.45) is 5.92 Å². The quantitative estimate of drug-likeness (QED) is 0.795. The summed E-state index contributed by atoms with van der Waals surface area (Å²) in [6.07, 6.45) is -3.86. The molecule has 0 spiro atoms. The van der Waals surface area contributed by atoms with E-state index in [1.165, 1.54) is 4.90 Å². The standard InChI is InChI=1S/C9H14F3NO2/c1-2-7(8(14)15)13-4-3-6(5-13)9(10,11)12/h6-7H,2-5H2,1H3,(H,14,15)/t6-,7+/m1/s1. The van der Waals surface area contributed by atoms with Gasteiger partial charge in [0.05, 0.1) is 5.92 Å². The third-order valence-electron chi connectivity index (χ3n) is 2.80. The molecule has 1 heterocycles. The number of hydrogen-bond acceptors (Lipinski definition) is 2. The van der Waals surface area contributed by atoms with Crippen LogP contribution in [0.25, 0.3) is 0 Å². The van der Waals surface area contributed by atoms with Crippen LogP contribution in [-0.4, -0.2) is 41.3 Å². The van der Waals surface area contributed by atoms with E-state index in [1.807, 2.05) is 0 Å². The van der Waals surface area contributed by atoms with Gasteiger partial charge in [-0.25, -0.2) is 0 Å². The summed E-state index contributed by atoms with van der Waals surface area (Å²) in [5.74, 6) is -2.41. The SMILES string of the molecule is CC[C@@H](C(=O)O)N1CC[C@@H](C(F)(F)F)C1. The van der Waals surface area contributed by atoms with E-state index in [1.54, 1.807) is 6.92 Å². The van der Waals surface area contributed by atoms with E-state index in [-0.39, 0.29) is 19.5 Å². The predicted octanol–water partition coefficient (Wildman–Crippen LogP) is 1.73. The van der Waals surface area contributed by atoms with E-state index in [4.69, 9.17) is 5.11 Å². The number of likely N-dealkylation sites (tertiary alicyclic amines) is 1. The van der Waals surface area contributed by atoms with E-state index < -0.39 is 24.1 Å². The summed E-state index contributed by atoms with van der Waals surface area (Å²) in [7, 11) is 0. The Morgan fingerprint density at radius 3 is 2.53 bits per heavy atom. The zero-order valence-electron chi connectivity index (χ0n) is 8.42. The van der Waals surface area contributed by atoms with Gasteiger partial charge in [0.25, 0.3) is 0 Å². The molecule has 0 unspecified atom stereocenters. The number of halogens is 3. The topological polar surface area (TPSA) is 40.5 Å². The molecule has 0 aromatic carbocycles. The first-order chi connectivity index (χ1) is 6.86. The summed E-state index contributed by atoms with van der Waals surface area (Å²) in [5, 5.41) is 8.80. The lowest BCUT2D eigenvalue weighted by Gasteiger charge is -2.23. The highest BCUT2D eigenvalue weighted by Crippen LogP contribution is 2.34. The maximum absolute atomic E-state index is 12.3. The van der Waals surface area contributed by atoms with Crippen molar-refractivity contribution in [2.45, 2.75) is 32.0 Å². The van der Waals surface area contributed by atoms with Gasteiger partial charge in [0.15, 0.2) is 0 Å². The van der Waals surface area contributed by atoms with Gasteiger partial charge in [0.1, 0.15) is 6.04 Å². The Balaban J connectivity index is 2.59. The summed E-state index contributed by atoms with van der Waals surface area (Å²) in [6.45, 7) is 1.70. The summed E-state index contributed by atoms with van der Waals surface area (Å²) < 4.78 is 37.0. The highest BCUT2D eigenvalue weighted by molar-refractivity contribution is 5.73. The van der Waals surface area contributed by atoms with Gasteiger partial charge in [-0.3, -0.25) is 9.69 Å². The first-order valence-electron chi connectivity index (χ1n) is 4.89. The summed E-state index contributed by atoms with van der Waals surface area (Å²) in [4.78, 5) is 12.2. The average Bonchev–Trinajstić information content (AvgIpc) is 2.52. The second-order valence-corrected chi connectivity index (χ2v) is 3.78. The summed E-state index contributed by atoms with van der Waals surface area (Å²) in [6, 6.07) is -0.780. The van der Waals surface area contributed by atoms with E-state index in [0.717, 1.165) is 0 Å². The van der Waals surface area contributed by atoms with Crippen LogP contribution < -0.4 is 0 Å². The molecule has 0 amide bonds. The highest BCUT2D eigenvalue weighted by atomic mass is 19.4. The van der Waals surface area contributed by atoms with Crippen molar-refractivity contribution in [2.75, 3.05) is 13.1 Å². The van der Waals surface area contributed by atoms with Gasteiger partial charge in [-0.1, -0.05) is 6.92 Å². The van der Waals surface area contributed by atoms with Gasteiger partial charge in [-0.2, -0.15) is 13.2 Å². The lowest BCUT2D eigenvalue weighted by Crippen LogP contribution is -2.40. The zero-order valence-corrected chi connectivity index (χ0v) is 8.42. The van der Waals surface area contributed by atoms with Crippen molar-refractivity contribution in [1.82, 2.24) is 4.90 Å². The fourth-order valence-corrected chi connectivity index (χ4v) is 1.93. The van der Waals surface area contributed by atoms with Crippen LogP contribution in [-0.2, 0) is 4.79 Å². The molecule has 0 bridgehead atoms. The third-order valence-corrected chi connectivity index (χ3v) is 2.80. The number of carbonyl (C=O) groups is 1. The normalized spacial score (nSPS) is 25.5. The van der Waals surface area contributed by atoms with Crippen molar-refractivity contribution in [1.29, 1.82) is 0 Å². The molecule has 6 heteroatoms. The van der Waals surface area contributed by atoms with Crippen LogP contribution in [0.4, 0.5) is 13.2 Å². The lowest BCUT2D eigenvalue weighted by atomic mass is 10.1. The molecule has 1 aliphatic rings. The number of rotatable bonds is 3. The Bertz CT molecular complexity index is 242. The summed E-state index contributed by atoms with van der Waals surface area (Å²) in [5.41, 5.74) is 0. The van der Waals surface area contributed by atoms with Crippen LogP contribution in [0.15, 0.2) is 0 Å². The second kappa shape index (κ2) is 4.38. The van der Waals surface area contributed by atoms with Crippen molar-refractivity contribution in [3.63, 3.8) is 0 Å².